The molecule has 0 saturated heterocycles. The van der Waals surface area contributed by atoms with E-state index in [2.05, 4.69) is 5.92 Å². The lowest BCUT2D eigenvalue weighted by molar-refractivity contribution is -0.295. The van der Waals surface area contributed by atoms with Gasteiger partial charge in [-0.05, 0) is 19.3 Å². The van der Waals surface area contributed by atoms with Crippen molar-refractivity contribution in [1.82, 2.24) is 6.15 Å². The van der Waals surface area contributed by atoms with Gasteiger partial charge in [0.1, 0.15) is 11.6 Å². The van der Waals surface area contributed by atoms with E-state index in [-0.39, 0.29) is 6.15 Å². The lowest BCUT2D eigenvalue weighted by atomic mass is 10.1. The molecule has 11 heavy (non-hydrogen) atoms. The summed E-state index contributed by atoms with van der Waals surface area (Å²) in [6.45, 7) is 3.16. The summed E-state index contributed by atoms with van der Waals surface area (Å²) < 4.78 is 0. The third-order valence-electron chi connectivity index (χ3n) is 1.12. The molecule has 64 valence electrons. The molecule has 0 rings (SSSR count). The Hall–Kier alpha value is -1.05. The van der Waals surface area contributed by atoms with E-state index in [1.165, 1.54) is 6.92 Å². The molecule has 0 aromatic carbocycles. The molecule has 0 radical (unpaired) electrons. The molecule has 4 heteroatoms. The highest BCUT2D eigenvalue weighted by Crippen LogP contribution is 2.04. The molecule has 1 atom stereocenters. The molecule has 0 aliphatic heterocycles. The fourth-order valence-electron chi connectivity index (χ4n) is 0.274. The van der Waals surface area contributed by atoms with Crippen LogP contribution in [-0.4, -0.2) is 16.7 Å². The van der Waals surface area contributed by atoms with Crippen molar-refractivity contribution in [1.29, 1.82) is 0 Å². The van der Waals surface area contributed by atoms with Gasteiger partial charge in [-0.15, -0.1) is 0 Å². The lowest BCUT2D eigenvalue weighted by Gasteiger charge is -2.11. The first kappa shape index (κ1) is 12.6. The van der Waals surface area contributed by atoms with Crippen molar-refractivity contribution in [3.63, 3.8) is 0 Å². The van der Waals surface area contributed by atoms with E-state index in [1.54, 1.807) is 12.8 Å². The molecule has 0 aliphatic carbocycles. The molecule has 0 aromatic heterocycles. The molecule has 0 fully saturated rings. The molecule has 0 bridgehead atoms. The SMILES string of the molecule is CCC(C)(O)C#CC(=O)[O-].[NH4+]. The number of carboxylic acid groups (broad SMARTS) is 1. The minimum atomic E-state index is -1.46. The predicted octanol–water partition coefficient (Wildman–Crippen LogP) is -0.723. The highest BCUT2D eigenvalue weighted by molar-refractivity contribution is 5.84. The van der Waals surface area contributed by atoms with Crippen LogP contribution in [0.4, 0.5) is 0 Å². The molecule has 0 amide bonds. The largest absolute Gasteiger partial charge is 0.537 e. The van der Waals surface area contributed by atoms with Crippen LogP contribution in [0.5, 0.6) is 0 Å². The highest BCUT2D eigenvalue weighted by atomic mass is 16.4. The number of quaternary nitrogens is 1. The Morgan fingerprint density at radius 1 is 1.73 bits per heavy atom. The zero-order valence-corrected chi connectivity index (χ0v) is 6.97. The van der Waals surface area contributed by atoms with Crippen molar-refractivity contribution in [3.8, 4) is 11.8 Å². The normalized spacial score (nSPS) is 13.4. The fraction of sp³-hybridized carbons (Fsp3) is 0.571. The second-order valence-corrected chi connectivity index (χ2v) is 2.16. The Kier molecular flexibility index (Phi) is 5.41. The minimum absolute atomic E-state index is 0. The monoisotopic (exact) mass is 159 g/mol. The molecule has 0 aliphatic rings. The van der Waals surface area contributed by atoms with Gasteiger partial charge in [-0.25, -0.2) is 0 Å². The van der Waals surface area contributed by atoms with Gasteiger partial charge < -0.3 is 21.2 Å². The minimum Gasteiger partial charge on any atom is -0.537 e. The molecular formula is C7H13NO3. The number of hydrogen-bond acceptors (Lipinski definition) is 3. The summed E-state index contributed by atoms with van der Waals surface area (Å²) in [5.41, 5.74) is -1.21. The Balaban J connectivity index is 0. The molecule has 0 aromatic rings. The van der Waals surface area contributed by atoms with E-state index < -0.39 is 11.6 Å². The van der Waals surface area contributed by atoms with Crippen LogP contribution in [0.1, 0.15) is 20.3 Å². The smallest absolute Gasteiger partial charge is 0.122 e. The van der Waals surface area contributed by atoms with Crippen LogP contribution >= 0.6 is 0 Å². The third-order valence-corrected chi connectivity index (χ3v) is 1.12. The van der Waals surface area contributed by atoms with Crippen LogP contribution < -0.4 is 11.3 Å². The second kappa shape index (κ2) is 4.72. The topological polar surface area (TPSA) is 96.9 Å². The van der Waals surface area contributed by atoms with Crippen LogP contribution in [0.3, 0.4) is 0 Å². The fourth-order valence-corrected chi connectivity index (χ4v) is 0.274. The molecule has 5 N–H and O–H groups in total. The van der Waals surface area contributed by atoms with Crippen molar-refractivity contribution in [2.75, 3.05) is 0 Å². The summed E-state index contributed by atoms with van der Waals surface area (Å²) >= 11 is 0. The van der Waals surface area contributed by atoms with E-state index in [1.807, 2.05) is 0 Å². The van der Waals surface area contributed by atoms with Gasteiger partial charge in [0.15, 0.2) is 0 Å². The van der Waals surface area contributed by atoms with Gasteiger partial charge in [0.05, 0.1) is 0 Å². The molecule has 4 nitrogen and oxygen atoms in total. The number of carboxylic acids is 1. The maximum absolute atomic E-state index is 9.77. The average Bonchev–Trinajstić information content (AvgIpc) is 1.85. The molecule has 1 unspecified atom stereocenters. The summed E-state index contributed by atoms with van der Waals surface area (Å²) in [4.78, 5) is 9.77. The zero-order valence-electron chi connectivity index (χ0n) is 6.97. The summed E-state index contributed by atoms with van der Waals surface area (Å²) in [6.07, 6.45) is 0.396. The molecule has 0 spiro atoms. The maximum Gasteiger partial charge on any atom is 0.122 e. The quantitative estimate of drug-likeness (QED) is 0.494. The molecule has 0 heterocycles. The highest BCUT2D eigenvalue weighted by Gasteiger charge is 2.11. The second-order valence-electron chi connectivity index (χ2n) is 2.16. The van der Waals surface area contributed by atoms with Gasteiger partial charge in [0.2, 0.25) is 0 Å². The van der Waals surface area contributed by atoms with Crippen LogP contribution in [0, 0.1) is 11.8 Å². The van der Waals surface area contributed by atoms with E-state index in [0.29, 0.717) is 6.42 Å². The van der Waals surface area contributed by atoms with E-state index in [9.17, 15) is 9.90 Å². The summed E-state index contributed by atoms with van der Waals surface area (Å²) in [5.74, 6) is 2.43. The first-order valence-corrected chi connectivity index (χ1v) is 2.94. The first-order valence-electron chi connectivity index (χ1n) is 2.94. The Labute approximate surface area is 65.8 Å². The van der Waals surface area contributed by atoms with Gasteiger partial charge in [-0.2, -0.15) is 0 Å². The average molecular weight is 159 g/mol. The molecule has 0 saturated carbocycles. The summed E-state index contributed by atoms with van der Waals surface area (Å²) in [6, 6.07) is 0. The van der Waals surface area contributed by atoms with E-state index >= 15 is 0 Å². The number of hydrogen-bond donors (Lipinski definition) is 2. The number of rotatable bonds is 1. The van der Waals surface area contributed by atoms with Gasteiger partial charge in [0, 0.05) is 0 Å². The van der Waals surface area contributed by atoms with Gasteiger partial charge >= 0.3 is 0 Å². The van der Waals surface area contributed by atoms with Crippen LogP contribution in [-0.2, 0) is 4.79 Å². The van der Waals surface area contributed by atoms with Gasteiger partial charge in [-0.1, -0.05) is 12.8 Å². The Morgan fingerprint density at radius 2 is 2.18 bits per heavy atom. The summed E-state index contributed by atoms with van der Waals surface area (Å²) in [7, 11) is 0. The van der Waals surface area contributed by atoms with E-state index in [0.717, 1.165) is 0 Å². The van der Waals surface area contributed by atoms with Gasteiger partial charge in [-0.3, -0.25) is 0 Å². The first-order chi connectivity index (χ1) is 4.48. The Morgan fingerprint density at radius 3 is 2.45 bits per heavy atom. The number of carbonyl (C=O) groups is 1. The van der Waals surface area contributed by atoms with Crippen LogP contribution in [0.25, 0.3) is 0 Å². The number of aliphatic carboxylic acids is 1. The number of aliphatic hydroxyl groups is 1. The lowest BCUT2D eigenvalue weighted by Crippen LogP contribution is -2.24. The predicted molar refractivity (Wildman–Crippen MR) is 39.7 cm³/mol. The molecular weight excluding hydrogens is 146 g/mol. The van der Waals surface area contributed by atoms with Crippen LogP contribution in [0.15, 0.2) is 0 Å². The van der Waals surface area contributed by atoms with Crippen LogP contribution in [0.2, 0.25) is 0 Å². The summed E-state index contributed by atoms with van der Waals surface area (Å²) in [5, 5.41) is 18.9. The zero-order chi connectivity index (χ0) is 8.20. The van der Waals surface area contributed by atoms with Crippen molar-refractivity contribution in [2.24, 2.45) is 0 Å². The van der Waals surface area contributed by atoms with Gasteiger partial charge in [0.25, 0.3) is 0 Å². The van der Waals surface area contributed by atoms with Crippen molar-refractivity contribution < 1.29 is 15.0 Å². The van der Waals surface area contributed by atoms with Crippen molar-refractivity contribution >= 4 is 5.97 Å². The maximum atomic E-state index is 9.77. The number of carbonyl (C=O) groups excluding carboxylic acids is 1. The van der Waals surface area contributed by atoms with Crippen molar-refractivity contribution in [2.45, 2.75) is 25.9 Å². The van der Waals surface area contributed by atoms with Crippen molar-refractivity contribution in [3.05, 3.63) is 0 Å². The van der Waals surface area contributed by atoms with E-state index in [4.69, 9.17) is 5.11 Å². The Bertz CT molecular complexity index is 188. The third kappa shape index (κ3) is 6.84. The standard InChI is InChI=1S/C7H10O3.H3N/c1-3-7(2,10)5-4-6(8)9;/h10H,3H2,1-2H3,(H,8,9);1H3.